The molecule has 3 N–H and O–H groups in total. The number of H-pyrrole nitrogens is 1. The predicted molar refractivity (Wildman–Crippen MR) is 105 cm³/mol. The highest BCUT2D eigenvalue weighted by Gasteiger charge is 2.19. The average molecular weight is 413 g/mol. The van der Waals surface area contributed by atoms with Crippen molar-refractivity contribution >= 4 is 34.6 Å². The van der Waals surface area contributed by atoms with Gasteiger partial charge in [-0.25, -0.2) is 29.1 Å². The van der Waals surface area contributed by atoms with Crippen LogP contribution in [0.2, 0.25) is 5.15 Å². The van der Waals surface area contributed by atoms with Gasteiger partial charge < -0.3 is 15.4 Å². The fourth-order valence-corrected chi connectivity index (χ4v) is 2.99. The summed E-state index contributed by atoms with van der Waals surface area (Å²) in [7, 11) is 0. The minimum Gasteiger partial charge on any atom is -0.477 e. The van der Waals surface area contributed by atoms with Gasteiger partial charge >= 0.3 is 5.97 Å². The summed E-state index contributed by atoms with van der Waals surface area (Å²) in [6, 6.07) is 5.59. The lowest BCUT2D eigenvalue weighted by Gasteiger charge is -2.17. The second kappa shape index (κ2) is 7.44. The summed E-state index contributed by atoms with van der Waals surface area (Å²) in [5.41, 5.74) is 2.19. The van der Waals surface area contributed by atoms with E-state index in [1.807, 2.05) is 6.92 Å². The summed E-state index contributed by atoms with van der Waals surface area (Å²) in [6.07, 6.45) is 4.26. The molecule has 0 aliphatic carbocycles. The third kappa shape index (κ3) is 3.72. The van der Waals surface area contributed by atoms with Crippen molar-refractivity contribution in [2.75, 3.05) is 5.32 Å². The van der Waals surface area contributed by atoms with Crippen LogP contribution in [0, 0.1) is 5.82 Å². The monoisotopic (exact) mass is 412 g/mol. The lowest BCUT2D eigenvalue weighted by atomic mass is 10.1. The molecule has 1 aromatic carbocycles. The second-order valence-electron chi connectivity index (χ2n) is 6.27. The third-order valence-corrected chi connectivity index (χ3v) is 4.52. The summed E-state index contributed by atoms with van der Waals surface area (Å²) in [5.74, 6) is -1.14. The molecule has 0 spiro atoms. The van der Waals surface area contributed by atoms with Crippen molar-refractivity contribution in [2.24, 2.45) is 0 Å². The first-order valence-electron chi connectivity index (χ1n) is 8.54. The number of fused-ring (bicyclic) bond motifs is 1. The maximum atomic E-state index is 13.2. The van der Waals surface area contributed by atoms with Crippen LogP contribution >= 0.6 is 11.6 Å². The van der Waals surface area contributed by atoms with Crippen molar-refractivity contribution in [2.45, 2.75) is 13.0 Å². The minimum absolute atomic E-state index is 0.0910. The van der Waals surface area contributed by atoms with Gasteiger partial charge in [0.2, 0.25) is 0 Å². The van der Waals surface area contributed by atoms with E-state index >= 15 is 0 Å². The molecule has 4 rings (SSSR count). The number of carboxylic acids is 1. The molecule has 3 aromatic heterocycles. The summed E-state index contributed by atoms with van der Waals surface area (Å²) < 4.78 is 13.2. The Morgan fingerprint density at radius 2 is 1.97 bits per heavy atom. The van der Waals surface area contributed by atoms with Gasteiger partial charge in [0.15, 0.2) is 11.5 Å². The maximum absolute atomic E-state index is 13.2. The van der Waals surface area contributed by atoms with Gasteiger partial charge in [0, 0.05) is 18.4 Å². The largest absolute Gasteiger partial charge is 0.477 e. The van der Waals surface area contributed by atoms with Crippen LogP contribution in [0.4, 0.5) is 10.2 Å². The van der Waals surface area contributed by atoms with Crippen LogP contribution in [0.5, 0.6) is 0 Å². The number of aromatic nitrogens is 5. The summed E-state index contributed by atoms with van der Waals surface area (Å²) in [6.45, 7) is 1.82. The third-order valence-electron chi connectivity index (χ3n) is 4.33. The van der Waals surface area contributed by atoms with E-state index in [0.717, 1.165) is 5.56 Å². The Labute approximate surface area is 168 Å². The molecular formula is C19H14ClFN6O2. The highest BCUT2D eigenvalue weighted by Crippen LogP contribution is 2.28. The Morgan fingerprint density at radius 1 is 1.21 bits per heavy atom. The van der Waals surface area contributed by atoms with Crippen LogP contribution in [0.1, 0.15) is 28.9 Å². The first-order valence-corrected chi connectivity index (χ1v) is 8.92. The molecule has 0 aliphatic rings. The standard InChI is InChI=1S/C19H14ClFN6O2/c1-9(10-2-4-11(21)5-3-10)25-17-13(19(28)29)7-22-16(27-17)12-6-23-18-15(12)26-14(20)8-24-18/h2-9H,1H3,(H,23,24)(H,28,29)(H,22,25,27)/t9-/m0/s1. The average Bonchev–Trinajstić information content (AvgIpc) is 3.11. The molecule has 0 unspecified atom stereocenters. The molecule has 0 radical (unpaired) electrons. The molecule has 3 heterocycles. The molecule has 0 bridgehead atoms. The van der Waals surface area contributed by atoms with E-state index in [1.165, 1.54) is 24.5 Å². The van der Waals surface area contributed by atoms with E-state index in [9.17, 15) is 14.3 Å². The van der Waals surface area contributed by atoms with E-state index < -0.39 is 5.97 Å². The molecule has 0 saturated carbocycles. The molecule has 4 aromatic rings. The number of carboxylic acid groups (broad SMARTS) is 1. The fraction of sp³-hybridized carbons (Fsp3) is 0.105. The highest BCUT2D eigenvalue weighted by atomic mass is 35.5. The molecule has 29 heavy (non-hydrogen) atoms. The first kappa shape index (κ1) is 18.8. The van der Waals surface area contributed by atoms with Crippen molar-refractivity contribution < 1.29 is 14.3 Å². The van der Waals surface area contributed by atoms with Crippen LogP contribution in [0.15, 0.2) is 42.9 Å². The SMILES string of the molecule is C[C@H](Nc1nc(-c2c[nH]c3ncc(Cl)nc23)ncc1C(=O)O)c1ccc(F)cc1. The number of hydrogen-bond donors (Lipinski definition) is 3. The zero-order chi connectivity index (χ0) is 20.5. The van der Waals surface area contributed by atoms with Gasteiger partial charge in [0.25, 0.3) is 0 Å². The molecule has 146 valence electrons. The number of aromatic amines is 1. The van der Waals surface area contributed by atoms with E-state index in [2.05, 4.69) is 30.2 Å². The van der Waals surface area contributed by atoms with Gasteiger partial charge in [0.05, 0.1) is 11.8 Å². The van der Waals surface area contributed by atoms with Crippen molar-refractivity contribution in [3.05, 3.63) is 65.0 Å². The highest BCUT2D eigenvalue weighted by molar-refractivity contribution is 6.29. The van der Waals surface area contributed by atoms with E-state index in [0.29, 0.717) is 16.7 Å². The molecule has 0 aliphatic heterocycles. The van der Waals surface area contributed by atoms with Gasteiger partial charge in [-0.05, 0) is 24.6 Å². The lowest BCUT2D eigenvalue weighted by molar-refractivity contribution is 0.0697. The molecular weight excluding hydrogens is 399 g/mol. The molecule has 1 atom stereocenters. The Balaban J connectivity index is 1.75. The smallest absolute Gasteiger partial charge is 0.341 e. The zero-order valence-electron chi connectivity index (χ0n) is 15.0. The fourth-order valence-electron chi connectivity index (χ4n) is 2.86. The Kier molecular flexibility index (Phi) is 4.81. The second-order valence-corrected chi connectivity index (χ2v) is 6.66. The summed E-state index contributed by atoms with van der Waals surface area (Å²) >= 11 is 5.94. The predicted octanol–water partition coefficient (Wildman–Crippen LogP) is 4.08. The Bertz CT molecular complexity index is 1210. The summed E-state index contributed by atoms with van der Waals surface area (Å²) in [4.78, 5) is 31.5. The lowest BCUT2D eigenvalue weighted by Crippen LogP contribution is -2.13. The van der Waals surface area contributed by atoms with Crippen LogP contribution < -0.4 is 5.32 Å². The van der Waals surface area contributed by atoms with Gasteiger partial charge in [-0.1, -0.05) is 23.7 Å². The van der Waals surface area contributed by atoms with Gasteiger partial charge in [0.1, 0.15) is 27.9 Å². The zero-order valence-corrected chi connectivity index (χ0v) is 15.8. The normalized spacial score (nSPS) is 12.1. The van der Waals surface area contributed by atoms with Crippen LogP contribution in [0.25, 0.3) is 22.6 Å². The molecule has 0 fully saturated rings. The number of anilines is 1. The number of hydrogen-bond acceptors (Lipinski definition) is 6. The van der Waals surface area contributed by atoms with E-state index in [-0.39, 0.29) is 34.2 Å². The number of halogens is 2. The number of aromatic carboxylic acids is 1. The Morgan fingerprint density at radius 3 is 2.69 bits per heavy atom. The van der Waals surface area contributed by atoms with Crippen molar-refractivity contribution in [1.82, 2.24) is 24.9 Å². The van der Waals surface area contributed by atoms with Crippen molar-refractivity contribution in [3.63, 3.8) is 0 Å². The maximum Gasteiger partial charge on any atom is 0.341 e. The number of nitrogens with zero attached hydrogens (tertiary/aromatic N) is 4. The van der Waals surface area contributed by atoms with Crippen LogP contribution in [0.3, 0.4) is 0 Å². The topological polar surface area (TPSA) is 117 Å². The molecule has 0 amide bonds. The van der Waals surface area contributed by atoms with Gasteiger partial charge in [-0.15, -0.1) is 0 Å². The van der Waals surface area contributed by atoms with Crippen molar-refractivity contribution in [3.8, 4) is 11.4 Å². The molecule has 0 saturated heterocycles. The van der Waals surface area contributed by atoms with Gasteiger partial charge in [-0.2, -0.15) is 0 Å². The number of rotatable bonds is 5. The van der Waals surface area contributed by atoms with Crippen LogP contribution in [-0.4, -0.2) is 36.0 Å². The van der Waals surface area contributed by atoms with E-state index in [1.54, 1.807) is 18.3 Å². The van der Waals surface area contributed by atoms with Crippen molar-refractivity contribution in [1.29, 1.82) is 0 Å². The molecule has 8 nitrogen and oxygen atoms in total. The number of carbonyl (C=O) groups is 1. The van der Waals surface area contributed by atoms with Crippen LogP contribution in [-0.2, 0) is 0 Å². The number of benzene rings is 1. The quantitative estimate of drug-likeness (QED) is 0.452. The first-order chi connectivity index (χ1) is 13.9. The Hall–Kier alpha value is -3.59. The van der Waals surface area contributed by atoms with Gasteiger partial charge in [-0.3, -0.25) is 0 Å². The molecule has 10 heteroatoms. The minimum atomic E-state index is -1.17. The number of nitrogens with one attached hydrogen (secondary N) is 2. The van der Waals surface area contributed by atoms with E-state index in [4.69, 9.17) is 11.6 Å². The summed E-state index contributed by atoms with van der Waals surface area (Å²) in [5, 5.41) is 12.8.